The first-order valence-corrected chi connectivity index (χ1v) is 7.35. The molecule has 1 aliphatic rings. The van der Waals surface area contributed by atoms with Gasteiger partial charge in [-0.15, -0.1) is 0 Å². The number of ether oxygens (including phenoxy) is 1. The minimum atomic E-state index is -0.313. The molecular weight excluding hydrogens is 268 g/mol. The summed E-state index contributed by atoms with van der Waals surface area (Å²) in [7, 11) is 0. The van der Waals surface area contributed by atoms with Crippen molar-refractivity contribution in [2.75, 3.05) is 31.2 Å². The highest BCUT2D eigenvalue weighted by molar-refractivity contribution is 5.86. The van der Waals surface area contributed by atoms with Crippen molar-refractivity contribution in [3.05, 3.63) is 29.3 Å². The lowest BCUT2D eigenvalue weighted by Gasteiger charge is -2.36. The molecule has 1 saturated heterocycles. The maximum Gasteiger partial charge on any atom is 0.245 e. The lowest BCUT2D eigenvalue weighted by molar-refractivity contribution is -0.124. The van der Waals surface area contributed by atoms with E-state index < -0.39 is 0 Å². The molecule has 0 aliphatic carbocycles. The molecule has 1 aliphatic heterocycles. The van der Waals surface area contributed by atoms with Crippen LogP contribution < -0.4 is 10.2 Å². The average Bonchev–Trinajstić information content (AvgIpc) is 2.52. The number of aldehydes is 1. The van der Waals surface area contributed by atoms with E-state index in [2.05, 4.69) is 10.2 Å². The van der Waals surface area contributed by atoms with Crippen LogP contribution in [0.4, 0.5) is 5.69 Å². The molecule has 1 amide bonds. The van der Waals surface area contributed by atoms with Crippen molar-refractivity contribution in [2.45, 2.75) is 26.3 Å². The smallest absolute Gasteiger partial charge is 0.245 e. The molecule has 5 heteroatoms. The number of nitrogens with one attached hydrogen (secondary N) is 1. The van der Waals surface area contributed by atoms with E-state index in [0.717, 1.165) is 24.0 Å². The van der Waals surface area contributed by atoms with E-state index in [1.807, 2.05) is 26.0 Å². The lowest BCUT2D eigenvalue weighted by Crippen LogP contribution is -2.54. The number of hydrogen-bond donors (Lipinski definition) is 1. The molecule has 1 aromatic carbocycles. The van der Waals surface area contributed by atoms with Crippen LogP contribution in [0.25, 0.3) is 0 Å². The predicted molar refractivity (Wildman–Crippen MR) is 81.8 cm³/mol. The van der Waals surface area contributed by atoms with Gasteiger partial charge in [-0.05, 0) is 37.1 Å². The molecular formula is C16H22N2O3. The first-order valence-electron chi connectivity index (χ1n) is 7.35. The molecule has 0 spiro atoms. The van der Waals surface area contributed by atoms with Gasteiger partial charge in [-0.3, -0.25) is 9.59 Å². The van der Waals surface area contributed by atoms with Gasteiger partial charge in [0.25, 0.3) is 0 Å². The van der Waals surface area contributed by atoms with E-state index in [-0.39, 0.29) is 11.9 Å². The van der Waals surface area contributed by atoms with E-state index in [1.54, 1.807) is 6.07 Å². The molecule has 21 heavy (non-hydrogen) atoms. The van der Waals surface area contributed by atoms with Gasteiger partial charge in [0.1, 0.15) is 12.3 Å². The summed E-state index contributed by atoms with van der Waals surface area (Å²) < 4.78 is 5.45. The molecule has 0 bridgehead atoms. The Bertz CT molecular complexity index is 516. The Labute approximate surface area is 125 Å². The molecule has 1 atom stereocenters. The molecule has 1 heterocycles. The minimum absolute atomic E-state index is 0.00586. The van der Waals surface area contributed by atoms with Crippen LogP contribution in [0.2, 0.25) is 0 Å². The van der Waals surface area contributed by atoms with Crippen LogP contribution in [0, 0.1) is 6.92 Å². The Morgan fingerprint density at radius 3 is 3.00 bits per heavy atom. The fraction of sp³-hybridized carbons (Fsp3) is 0.500. The number of carbonyl (C=O) groups excluding carboxylic acids is 2. The molecule has 1 aromatic rings. The zero-order valence-corrected chi connectivity index (χ0v) is 12.6. The second-order valence-electron chi connectivity index (χ2n) is 5.23. The van der Waals surface area contributed by atoms with Gasteiger partial charge in [-0.25, -0.2) is 0 Å². The van der Waals surface area contributed by atoms with Crippen LogP contribution in [-0.4, -0.2) is 44.5 Å². The predicted octanol–water partition coefficient (Wildman–Crippen LogP) is 1.54. The molecule has 2 rings (SSSR count). The Morgan fingerprint density at radius 2 is 2.33 bits per heavy atom. The Kier molecular flexibility index (Phi) is 5.33. The lowest BCUT2D eigenvalue weighted by atomic mass is 10.1. The number of amides is 1. The zero-order chi connectivity index (χ0) is 15.2. The van der Waals surface area contributed by atoms with E-state index in [0.29, 0.717) is 31.9 Å². The number of morpholine rings is 1. The Balaban J connectivity index is 2.20. The standard InChI is InChI=1S/C16H22N2O3/c1-3-6-17-16(20)15-11-21-8-7-18(15)14-5-4-13(10-19)12(2)9-14/h4-5,9-10,15H,3,6-8,11H2,1-2H3,(H,17,20). The van der Waals surface area contributed by atoms with Crippen LogP contribution in [-0.2, 0) is 9.53 Å². The quantitative estimate of drug-likeness (QED) is 0.836. The number of rotatable bonds is 5. The normalized spacial score (nSPS) is 18.4. The van der Waals surface area contributed by atoms with Crippen LogP contribution in [0.1, 0.15) is 29.3 Å². The highest BCUT2D eigenvalue weighted by atomic mass is 16.5. The number of anilines is 1. The molecule has 1 N–H and O–H groups in total. The highest BCUT2D eigenvalue weighted by Gasteiger charge is 2.29. The molecule has 5 nitrogen and oxygen atoms in total. The van der Waals surface area contributed by atoms with Gasteiger partial charge < -0.3 is 15.0 Å². The van der Waals surface area contributed by atoms with Crippen molar-refractivity contribution in [1.82, 2.24) is 5.32 Å². The SMILES string of the molecule is CCCNC(=O)C1COCCN1c1ccc(C=O)c(C)c1. The Morgan fingerprint density at radius 1 is 1.52 bits per heavy atom. The maximum absolute atomic E-state index is 12.3. The van der Waals surface area contributed by atoms with Crippen molar-refractivity contribution >= 4 is 17.9 Å². The van der Waals surface area contributed by atoms with Crippen LogP contribution in [0.5, 0.6) is 0 Å². The third-order valence-corrected chi connectivity index (χ3v) is 3.69. The molecule has 114 valence electrons. The fourth-order valence-corrected chi connectivity index (χ4v) is 2.47. The van der Waals surface area contributed by atoms with Gasteiger partial charge in [0.15, 0.2) is 0 Å². The first kappa shape index (κ1) is 15.5. The van der Waals surface area contributed by atoms with E-state index in [4.69, 9.17) is 4.74 Å². The van der Waals surface area contributed by atoms with E-state index in [9.17, 15) is 9.59 Å². The topological polar surface area (TPSA) is 58.6 Å². The van der Waals surface area contributed by atoms with Gasteiger partial charge in [0.2, 0.25) is 5.91 Å². The maximum atomic E-state index is 12.3. The summed E-state index contributed by atoms with van der Waals surface area (Å²) in [5, 5.41) is 2.92. The number of hydrogen-bond acceptors (Lipinski definition) is 4. The summed E-state index contributed by atoms with van der Waals surface area (Å²) in [5.74, 6) is -0.00586. The van der Waals surface area contributed by atoms with Gasteiger partial charge in [0.05, 0.1) is 13.2 Å². The van der Waals surface area contributed by atoms with Crippen molar-refractivity contribution < 1.29 is 14.3 Å². The second-order valence-corrected chi connectivity index (χ2v) is 5.23. The van der Waals surface area contributed by atoms with E-state index in [1.165, 1.54) is 0 Å². The number of aryl methyl sites for hydroxylation is 1. The highest BCUT2D eigenvalue weighted by Crippen LogP contribution is 2.22. The number of nitrogens with zero attached hydrogens (tertiary/aromatic N) is 1. The molecule has 1 fully saturated rings. The fourth-order valence-electron chi connectivity index (χ4n) is 2.47. The third kappa shape index (κ3) is 3.61. The zero-order valence-electron chi connectivity index (χ0n) is 12.6. The minimum Gasteiger partial charge on any atom is -0.377 e. The van der Waals surface area contributed by atoms with Gasteiger partial charge >= 0.3 is 0 Å². The van der Waals surface area contributed by atoms with Crippen molar-refractivity contribution in [3.8, 4) is 0 Å². The number of benzene rings is 1. The summed E-state index contributed by atoms with van der Waals surface area (Å²) >= 11 is 0. The van der Waals surface area contributed by atoms with Crippen LogP contribution >= 0.6 is 0 Å². The van der Waals surface area contributed by atoms with Crippen LogP contribution in [0.3, 0.4) is 0 Å². The number of carbonyl (C=O) groups is 2. The largest absolute Gasteiger partial charge is 0.377 e. The third-order valence-electron chi connectivity index (χ3n) is 3.69. The van der Waals surface area contributed by atoms with Crippen molar-refractivity contribution in [2.24, 2.45) is 0 Å². The van der Waals surface area contributed by atoms with E-state index >= 15 is 0 Å². The summed E-state index contributed by atoms with van der Waals surface area (Å²) in [5.41, 5.74) is 2.55. The summed E-state index contributed by atoms with van der Waals surface area (Å²) in [6.07, 6.45) is 1.76. The van der Waals surface area contributed by atoms with Gasteiger partial charge in [-0.1, -0.05) is 6.92 Å². The van der Waals surface area contributed by atoms with Crippen molar-refractivity contribution in [3.63, 3.8) is 0 Å². The van der Waals surface area contributed by atoms with Crippen LogP contribution in [0.15, 0.2) is 18.2 Å². The first-order chi connectivity index (χ1) is 10.2. The molecule has 0 aromatic heterocycles. The van der Waals surface area contributed by atoms with Gasteiger partial charge in [-0.2, -0.15) is 0 Å². The second kappa shape index (κ2) is 7.22. The monoisotopic (exact) mass is 290 g/mol. The molecule has 1 unspecified atom stereocenters. The summed E-state index contributed by atoms with van der Waals surface area (Å²) in [4.78, 5) is 25.2. The molecule has 0 saturated carbocycles. The van der Waals surface area contributed by atoms with Gasteiger partial charge in [0, 0.05) is 24.3 Å². The molecule has 0 radical (unpaired) electrons. The summed E-state index contributed by atoms with van der Waals surface area (Å²) in [6.45, 7) is 6.27. The Hall–Kier alpha value is -1.88. The summed E-state index contributed by atoms with van der Waals surface area (Å²) in [6, 6.07) is 5.33. The average molecular weight is 290 g/mol. The van der Waals surface area contributed by atoms with Crippen molar-refractivity contribution in [1.29, 1.82) is 0 Å².